The highest BCUT2D eigenvalue weighted by atomic mass is 16.1. The average molecular weight is 327 g/mol. The maximum Gasteiger partial charge on any atom is 0.197 e. The molecule has 0 spiro atoms. The first-order valence-corrected chi connectivity index (χ1v) is 8.60. The SMILES string of the molecule is Cc1cc2c(=O)c3cc(C)c(C)cc3n(-c3ccccc3)c2cc1C. The van der Waals surface area contributed by atoms with E-state index < -0.39 is 0 Å². The third kappa shape index (κ3) is 2.37. The van der Waals surface area contributed by atoms with Crippen molar-refractivity contribution in [2.24, 2.45) is 0 Å². The smallest absolute Gasteiger partial charge is 0.197 e. The fourth-order valence-electron chi connectivity index (χ4n) is 3.47. The van der Waals surface area contributed by atoms with Gasteiger partial charge < -0.3 is 4.57 Å². The van der Waals surface area contributed by atoms with E-state index in [4.69, 9.17) is 0 Å². The first kappa shape index (κ1) is 15.6. The Morgan fingerprint density at radius 2 is 1.08 bits per heavy atom. The number of pyridine rings is 1. The molecule has 2 nitrogen and oxygen atoms in total. The molecule has 25 heavy (non-hydrogen) atoms. The summed E-state index contributed by atoms with van der Waals surface area (Å²) in [6.45, 7) is 8.32. The highest BCUT2D eigenvalue weighted by Gasteiger charge is 2.14. The Labute approximate surface area is 147 Å². The topological polar surface area (TPSA) is 22.0 Å². The Balaban J connectivity index is 2.33. The van der Waals surface area contributed by atoms with Gasteiger partial charge in [0.25, 0.3) is 0 Å². The van der Waals surface area contributed by atoms with Crippen LogP contribution in [-0.4, -0.2) is 4.57 Å². The van der Waals surface area contributed by atoms with Gasteiger partial charge in [0, 0.05) is 16.5 Å². The van der Waals surface area contributed by atoms with Gasteiger partial charge in [0.1, 0.15) is 0 Å². The van der Waals surface area contributed by atoms with Crippen LogP contribution in [0.15, 0.2) is 59.4 Å². The van der Waals surface area contributed by atoms with Crippen LogP contribution in [0.1, 0.15) is 22.3 Å². The summed E-state index contributed by atoms with van der Waals surface area (Å²) in [5.41, 5.74) is 7.80. The summed E-state index contributed by atoms with van der Waals surface area (Å²) in [6.07, 6.45) is 0. The van der Waals surface area contributed by atoms with Crippen molar-refractivity contribution in [2.75, 3.05) is 0 Å². The molecule has 4 rings (SSSR count). The van der Waals surface area contributed by atoms with E-state index in [1.54, 1.807) is 0 Å². The zero-order valence-electron chi connectivity index (χ0n) is 15.1. The van der Waals surface area contributed by atoms with Crippen LogP contribution < -0.4 is 5.43 Å². The second-order valence-corrected chi connectivity index (χ2v) is 6.91. The van der Waals surface area contributed by atoms with Gasteiger partial charge >= 0.3 is 0 Å². The van der Waals surface area contributed by atoms with Crippen molar-refractivity contribution in [2.45, 2.75) is 27.7 Å². The highest BCUT2D eigenvalue weighted by Crippen LogP contribution is 2.27. The predicted molar refractivity (Wildman–Crippen MR) is 106 cm³/mol. The molecule has 124 valence electrons. The van der Waals surface area contributed by atoms with Crippen LogP contribution in [-0.2, 0) is 0 Å². The molecule has 0 aliphatic rings. The van der Waals surface area contributed by atoms with Gasteiger partial charge in [-0.2, -0.15) is 0 Å². The van der Waals surface area contributed by atoms with Crippen molar-refractivity contribution in [3.63, 3.8) is 0 Å². The van der Waals surface area contributed by atoms with Crippen LogP contribution >= 0.6 is 0 Å². The summed E-state index contributed by atoms with van der Waals surface area (Å²) in [4.78, 5) is 13.2. The van der Waals surface area contributed by atoms with E-state index in [9.17, 15) is 4.79 Å². The zero-order valence-corrected chi connectivity index (χ0v) is 15.1. The summed E-state index contributed by atoms with van der Waals surface area (Å²) in [5, 5.41) is 1.56. The van der Waals surface area contributed by atoms with Crippen LogP contribution in [0.2, 0.25) is 0 Å². The molecule has 1 heterocycles. The number of hydrogen-bond acceptors (Lipinski definition) is 1. The second kappa shape index (κ2) is 5.59. The van der Waals surface area contributed by atoms with Gasteiger partial charge in [-0.15, -0.1) is 0 Å². The van der Waals surface area contributed by atoms with Crippen LogP contribution in [0.4, 0.5) is 0 Å². The number of rotatable bonds is 1. The molecule has 0 atom stereocenters. The Hall–Kier alpha value is -2.87. The van der Waals surface area contributed by atoms with Gasteiger partial charge in [0.05, 0.1) is 11.0 Å². The third-order valence-electron chi connectivity index (χ3n) is 5.21. The molecule has 4 aromatic rings. The average Bonchev–Trinajstić information content (AvgIpc) is 2.60. The van der Waals surface area contributed by atoms with Crippen molar-refractivity contribution in [3.8, 4) is 5.69 Å². The molecule has 0 aliphatic heterocycles. The predicted octanol–water partition coefficient (Wildman–Crippen LogP) is 5.38. The van der Waals surface area contributed by atoms with E-state index in [0.29, 0.717) is 0 Å². The lowest BCUT2D eigenvalue weighted by Gasteiger charge is -2.18. The molecule has 0 aliphatic carbocycles. The summed E-state index contributed by atoms with van der Waals surface area (Å²) >= 11 is 0. The number of nitrogens with zero attached hydrogens (tertiary/aromatic N) is 1. The molecule has 0 fully saturated rings. The molecule has 0 saturated carbocycles. The monoisotopic (exact) mass is 327 g/mol. The molecule has 0 radical (unpaired) electrons. The van der Waals surface area contributed by atoms with Crippen LogP contribution in [0.5, 0.6) is 0 Å². The van der Waals surface area contributed by atoms with Gasteiger partial charge in [-0.1, -0.05) is 18.2 Å². The third-order valence-corrected chi connectivity index (χ3v) is 5.21. The quantitative estimate of drug-likeness (QED) is 0.430. The van der Waals surface area contributed by atoms with E-state index in [1.807, 2.05) is 30.3 Å². The van der Waals surface area contributed by atoms with Crippen molar-refractivity contribution in [1.82, 2.24) is 4.57 Å². The largest absolute Gasteiger partial charge is 0.309 e. The lowest BCUT2D eigenvalue weighted by atomic mass is 10.00. The normalized spacial score (nSPS) is 11.4. The molecular weight excluding hydrogens is 306 g/mol. The maximum absolute atomic E-state index is 13.2. The molecule has 0 bridgehead atoms. The number of para-hydroxylation sites is 1. The fourth-order valence-corrected chi connectivity index (χ4v) is 3.47. The summed E-state index contributed by atoms with van der Waals surface area (Å²) in [6, 6.07) is 18.6. The number of fused-ring (bicyclic) bond motifs is 2. The Morgan fingerprint density at radius 1 is 0.640 bits per heavy atom. The van der Waals surface area contributed by atoms with Crippen LogP contribution in [0.3, 0.4) is 0 Å². The van der Waals surface area contributed by atoms with Crippen molar-refractivity contribution >= 4 is 21.8 Å². The van der Waals surface area contributed by atoms with E-state index in [0.717, 1.165) is 38.6 Å². The van der Waals surface area contributed by atoms with Crippen LogP contribution in [0.25, 0.3) is 27.5 Å². The van der Waals surface area contributed by atoms with E-state index >= 15 is 0 Å². The number of aromatic nitrogens is 1. The molecule has 0 N–H and O–H groups in total. The van der Waals surface area contributed by atoms with E-state index in [1.165, 1.54) is 11.1 Å². The summed E-state index contributed by atoms with van der Waals surface area (Å²) in [7, 11) is 0. The first-order chi connectivity index (χ1) is 12.0. The van der Waals surface area contributed by atoms with Crippen molar-refractivity contribution < 1.29 is 0 Å². The Kier molecular flexibility index (Phi) is 3.50. The molecule has 2 heteroatoms. The second-order valence-electron chi connectivity index (χ2n) is 6.91. The van der Waals surface area contributed by atoms with Gasteiger partial charge in [0.15, 0.2) is 5.43 Å². The maximum atomic E-state index is 13.2. The minimum Gasteiger partial charge on any atom is -0.309 e. The lowest BCUT2D eigenvalue weighted by Crippen LogP contribution is -2.11. The number of hydrogen-bond donors (Lipinski definition) is 0. The fraction of sp³-hybridized carbons (Fsp3) is 0.174. The summed E-state index contributed by atoms with van der Waals surface area (Å²) in [5.74, 6) is 0. The first-order valence-electron chi connectivity index (χ1n) is 8.60. The molecular formula is C23H21NO. The summed E-state index contributed by atoms with van der Waals surface area (Å²) < 4.78 is 2.21. The molecule has 3 aromatic carbocycles. The lowest BCUT2D eigenvalue weighted by molar-refractivity contribution is 1.15. The Morgan fingerprint density at radius 3 is 1.56 bits per heavy atom. The molecule has 1 aromatic heterocycles. The van der Waals surface area contributed by atoms with Crippen molar-refractivity contribution in [1.29, 1.82) is 0 Å². The standard InChI is InChI=1S/C23H21NO/c1-14-10-19-21(12-16(14)3)24(18-8-6-5-7-9-18)22-13-17(4)15(2)11-20(22)23(19)25/h5-13H,1-4H3. The van der Waals surface area contributed by atoms with Crippen LogP contribution in [0, 0.1) is 27.7 Å². The van der Waals surface area contributed by atoms with E-state index in [-0.39, 0.29) is 5.43 Å². The van der Waals surface area contributed by atoms with Crippen molar-refractivity contribution in [3.05, 3.63) is 87.1 Å². The zero-order chi connectivity index (χ0) is 17.7. The Bertz CT molecular complexity index is 1110. The molecule has 0 amide bonds. The molecule has 0 saturated heterocycles. The number of aryl methyl sites for hydroxylation is 4. The van der Waals surface area contributed by atoms with Gasteiger partial charge in [-0.3, -0.25) is 4.79 Å². The molecule has 0 unspecified atom stereocenters. The van der Waals surface area contributed by atoms with Gasteiger partial charge in [-0.05, 0) is 86.3 Å². The minimum atomic E-state index is 0.114. The number of benzene rings is 3. The van der Waals surface area contributed by atoms with Gasteiger partial charge in [-0.25, -0.2) is 0 Å². The van der Waals surface area contributed by atoms with E-state index in [2.05, 4.69) is 56.5 Å². The minimum absolute atomic E-state index is 0.114. The highest BCUT2D eigenvalue weighted by molar-refractivity contribution is 5.96. The van der Waals surface area contributed by atoms with Gasteiger partial charge in [0.2, 0.25) is 0 Å².